The van der Waals surface area contributed by atoms with Crippen LogP contribution in [-0.4, -0.2) is 11.5 Å². The topological polar surface area (TPSA) is 0 Å². The number of hydrogen-bond acceptors (Lipinski definition) is 2. The van der Waals surface area contributed by atoms with Crippen molar-refractivity contribution >= 4 is 23.5 Å². The van der Waals surface area contributed by atoms with Crippen LogP contribution in [0.3, 0.4) is 0 Å². The minimum Gasteiger partial charge on any atom is -0.129 e. The fraction of sp³-hybridized carbons (Fsp3) is 0.435. The lowest BCUT2D eigenvalue weighted by Crippen LogP contribution is -2.01. The maximum atomic E-state index is 4.27. The van der Waals surface area contributed by atoms with E-state index in [0.717, 1.165) is 25.7 Å². The van der Waals surface area contributed by atoms with Crippen LogP contribution in [0.2, 0.25) is 0 Å². The molecule has 0 bridgehead atoms. The molecule has 136 valence electrons. The first-order valence-electron chi connectivity index (χ1n) is 8.94. The molecule has 2 heteroatoms. The van der Waals surface area contributed by atoms with Gasteiger partial charge in [0.2, 0.25) is 0 Å². The van der Waals surface area contributed by atoms with Gasteiger partial charge in [0.25, 0.3) is 0 Å². The number of rotatable bonds is 10. The molecule has 0 radical (unpaired) electrons. The standard InChI is InChI=1S/C23H32S2/c1-7-18(3)17-22(8-2)20(5)14-13-19(4)11-9-10-12-23-21(6)24-15-16-25-23/h7-9,12,22H,2,4-5,11,13-17H2,1,3,6H3/b18-7-. The lowest BCUT2D eigenvalue weighted by Gasteiger charge is -2.16. The Labute approximate surface area is 163 Å². The molecule has 1 atom stereocenters. The van der Waals surface area contributed by atoms with E-state index in [4.69, 9.17) is 0 Å². The Morgan fingerprint density at radius 2 is 1.96 bits per heavy atom. The maximum Gasteiger partial charge on any atom is 0.0241 e. The fourth-order valence-corrected chi connectivity index (χ4v) is 4.59. The molecular weight excluding hydrogens is 340 g/mol. The van der Waals surface area contributed by atoms with Crippen LogP contribution < -0.4 is 0 Å². The first kappa shape index (κ1) is 22.0. The summed E-state index contributed by atoms with van der Waals surface area (Å²) >= 11 is 3.88. The summed E-state index contributed by atoms with van der Waals surface area (Å²) in [6.07, 6.45) is 12.3. The molecule has 0 aromatic carbocycles. The molecule has 0 fully saturated rings. The number of allylic oxidation sites excluding steroid dienone is 7. The second-order valence-electron chi connectivity index (χ2n) is 6.43. The van der Waals surface area contributed by atoms with Gasteiger partial charge in [-0.15, -0.1) is 35.8 Å². The Kier molecular flexibility index (Phi) is 10.8. The molecular formula is C23H32S2. The fourth-order valence-electron chi connectivity index (χ4n) is 2.48. The first-order chi connectivity index (χ1) is 12.0. The molecule has 0 saturated carbocycles. The Bertz CT molecular complexity index is 610. The molecule has 1 aliphatic heterocycles. The van der Waals surface area contributed by atoms with Gasteiger partial charge in [-0.05, 0) is 63.5 Å². The molecule has 1 rings (SSSR count). The van der Waals surface area contributed by atoms with Crippen molar-refractivity contribution in [2.45, 2.75) is 46.5 Å². The zero-order valence-electron chi connectivity index (χ0n) is 16.1. The van der Waals surface area contributed by atoms with E-state index in [0.29, 0.717) is 5.92 Å². The summed E-state index contributed by atoms with van der Waals surface area (Å²) in [4.78, 5) is 2.78. The lowest BCUT2D eigenvalue weighted by atomic mass is 9.89. The van der Waals surface area contributed by atoms with Crippen LogP contribution in [0.4, 0.5) is 0 Å². The van der Waals surface area contributed by atoms with Crippen LogP contribution in [0.1, 0.15) is 46.5 Å². The van der Waals surface area contributed by atoms with Crippen LogP contribution in [0.5, 0.6) is 0 Å². The molecule has 1 heterocycles. The van der Waals surface area contributed by atoms with Gasteiger partial charge in [-0.25, -0.2) is 0 Å². The average Bonchev–Trinajstić information content (AvgIpc) is 2.62. The van der Waals surface area contributed by atoms with Gasteiger partial charge in [0, 0.05) is 22.3 Å². The second-order valence-corrected chi connectivity index (χ2v) is 8.87. The summed E-state index contributed by atoms with van der Waals surface area (Å²) in [6, 6.07) is 0. The summed E-state index contributed by atoms with van der Waals surface area (Å²) in [5.74, 6) is 2.79. The van der Waals surface area contributed by atoms with E-state index in [2.05, 4.69) is 64.5 Å². The summed E-state index contributed by atoms with van der Waals surface area (Å²) < 4.78 is 0. The Morgan fingerprint density at radius 1 is 1.24 bits per heavy atom. The average molecular weight is 373 g/mol. The Hall–Kier alpha value is -1.08. The molecule has 0 spiro atoms. The highest BCUT2D eigenvalue weighted by atomic mass is 32.2. The molecule has 25 heavy (non-hydrogen) atoms. The molecule has 0 nitrogen and oxygen atoms in total. The minimum absolute atomic E-state index is 0.371. The predicted octanol–water partition coefficient (Wildman–Crippen LogP) is 7.85. The quantitative estimate of drug-likeness (QED) is 0.283. The third-order valence-corrected chi connectivity index (χ3v) is 6.96. The molecule has 1 unspecified atom stereocenters. The molecule has 0 saturated heterocycles. The highest BCUT2D eigenvalue weighted by Crippen LogP contribution is 2.34. The van der Waals surface area contributed by atoms with Crippen LogP contribution in [0.25, 0.3) is 0 Å². The molecule has 0 aromatic rings. The van der Waals surface area contributed by atoms with Gasteiger partial charge in [0.05, 0.1) is 0 Å². The van der Waals surface area contributed by atoms with Gasteiger partial charge in [0.1, 0.15) is 0 Å². The van der Waals surface area contributed by atoms with Gasteiger partial charge >= 0.3 is 0 Å². The summed E-state index contributed by atoms with van der Waals surface area (Å²) in [5.41, 5.74) is 7.21. The second kappa shape index (κ2) is 12.3. The van der Waals surface area contributed by atoms with Gasteiger partial charge in [-0.1, -0.05) is 42.0 Å². The predicted molar refractivity (Wildman–Crippen MR) is 120 cm³/mol. The SMILES string of the molecule is C=CC(C/C(C)=C\C)C(=C)CCC(=C)CC=C=CC1=C(C)SCCS1. The molecule has 0 N–H and O–H groups in total. The van der Waals surface area contributed by atoms with Crippen molar-refractivity contribution in [2.24, 2.45) is 5.92 Å². The summed E-state index contributed by atoms with van der Waals surface area (Å²) in [5, 5.41) is 0. The smallest absolute Gasteiger partial charge is 0.0241 e. The van der Waals surface area contributed by atoms with E-state index >= 15 is 0 Å². The van der Waals surface area contributed by atoms with Gasteiger partial charge in [-0.2, -0.15) is 0 Å². The van der Waals surface area contributed by atoms with Crippen molar-refractivity contribution in [3.63, 3.8) is 0 Å². The van der Waals surface area contributed by atoms with E-state index < -0.39 is 0 Å². The van der Waals surface area contributed by atoms with Gasteiger partial charge in [-0.3, -0.25) is 0 Å². The third kappa shape index (κ3) is 8.72. The summed E-state index contributed by atoms with van der Waals surface area (Å²) in [7, 11) is 0. The highest BCUT2D eigenvalue weighted by molar-refractivity contribution is 8.10. The lowest BCUT2D eigenvalue weighted by molar-refractivity contribution is 0.697. The highest BCUT2D eigenvalue weighted by Gasteiger charge is 2.10. The van der Waals surface area contributed by atoms with Crippen molar-refractivity contribution in [2.75, 3.05) is 11.5 Å². The van der Waals surface area contributed by atoms with E-state index in [1.54, 1.807) is 0 Å². The van der Waals surface area contributed by atoms with E-state index in [1.165, 1.54) is 38.0 Å². The number of thioether (sulfide) groups is 2. The van der Waals surface area contributed by atoms with E-state index in [1.807, 2.05) is 29.6 Å². The zero-order valence-corrected chi connectivity index (χ0v) is 17.7. The van der Waals surface area contributed by atoms with Crippen LogP contribution >= 0.6 is 23.5 Å². The van der Waals surface area contributed by atoms with Crippen LogP contribution in [-0.2, 0) is 0 Å². The van der Waals surface area contributed by atoms with Gasteiger partial charge in [0.15, 0.2) is 0 Å². The van der Waals surface area contributed by atoms with Crippen molar-refractivity contribution in [1.82, 2.24) is 0 Å². The van der Waals surface area contributed by atoms with Crippen molar-refractivity contribution < 1.29 is 0 Å². The largest absolute Gasteiger partial charge is 0.129 e. The zero-order chi connectivity index (χ0) is 18.7. The summed E-state index contributed by atoms with van der Waals surface area (Å²) in [6.45, 7) is 18.9. The van der Waals surface area contributed by atoms with Crippen molar-refractivity contribution in [3.05, 3.63) is 76.3 Å². The van der Waals surface area contributed by atoms with Crippen molar-refractivity contribution in [1.29, 1.82) is 0 Å². The molecule has 0 aliphatic carbocycles. The van der Waals surface area contributed by atoms with Crippen LogP contribution in [0, 0.1) is 5.92 Å². The van der Waals surface area contributed by atoms with Crippen LogP contribution in [0.15, 0.2) is 76.3 Å². The Balaban J connectivity index is 2.42. The van der Waals surface area contributed by atoms with Crippen molar-refractivity contribution in [3.8, 4) is 0 Å². The molecule has 0 amide bonds. The maximum absolute atomic E-state index is 4.27. The van der Waals surface area contributed by atoms with E-state index in [-0.39, 0.29) is 0 Å². The minimum atomic E-state index is 0.371. The van der Waals surface area contributed by atoms with Gasteiger partial charge < -0.3 is 0 Å². The number of hydrogen-bond donors (Lipinski definition) is 0. The normalized spacial score (nSPS) is 16.0. The third-order valence-electron chi connectivity index (χ3n) is 4.37. The first-order valence-corrected chi connectivity index (χ1v) is 10.9. The monoisotopic (exact) mass is 372 g/mol. The van der Waals surface area contributed by atoms with E-state index in [9.17, 15) is 0 Å². The Morgan fingerprint density at radius 3 is 2.60 bits per heavy atom. The molecule has 0 aromatic heterocycles. The molecule has 1 aliphatic rings.